The molecule has 1 fully saturated rings. The highest BCUT2D eigenvalue weighted by molar-refractivity contribution is 6.35. The lowest BCUT2D eigenvalue weighted by molar-refractivity contribution is -0.121. The number of halogens is 1. The third-order valence-electron chi connectivity index (χ3n) is 4.00. The van der Waals surface area contributed by atoms with Crippen molar-refractivity contribution in [2.24, 2.45) is 0 Å². The molecular formula is C16H21ClN4O2. The SMILES string of the molecule is O=C(Cn1ncc2c(Cl)cccc21)NCCCN1CCOCC1. The van der Waals surface area contributed by atoms with Gasteiger partial charge in [0.1, 0.15) is 6.54 Å². The maximum absolute atomic E-state index is 12.1. The number of ether oxygens (including phenoxy) is 1. The van der Waals surface area contributed by atoms with Gasteiger partial charge in [0.25, 0.3) is 0 Å². The highest BCUT2D eigenvalue weighted by Crippen LogP contribution is 2.22. The van der Waals surface area contributed by atoms with Crippen molar-refractivity contribution < 1.29 is 9.53 Å². The molecule has 1 N–H and O–H groups in total. The summed E-state index contributed by atoms with van der Waals surface area (Å²) in [7, 11) is 0. The van der Waals surface area contributed by atoms with Gasteiger partial charge in [-0.3, -0.25) is 14.4 Å². The van der Waals surface area contributed by atoms with Gasteiger partial charge >= 0.3 is 0 Å². The lowest BCUT2D eigenvalue weighted by Crippen LogP contribution is -2.38. The molecule has 0 atom stereocenters. The number of benzene rings is 1. The van der Waals surface area contributed by atoms with E-state index in [1.165, 1.54) is 0 Å². The lowest BCUT2D eigenvalue weighted by atomic mass is 10.2. The molecule has 1 aromatic carbocycles. The zero-order valence-corrected chi connectivity index (χ0v) is 13.8. The van der Waals surface area contributed by atoms with Gasteiger partial charge in [-0.1, -0.05) is 17.7 Å². The van der Waals surface area contributed by atoms with Crippen LogP contribution in [0.5, 0.6) is 0 Å². The van der Waals surface area contributed by atoms with Gasteiger partial charge in [0.15, 0.2) is 0 Å². The molecule has 3 rings (SSSR count). The summed E-state index contributed by atoms with van der Waals surface area (Å²) in [6, 6.07) is 5.60. The highest BCUT2D eigenvalue weighted by Gasteiger charge is 2.11. The van der Waals surface area contributed by atoms with Crippen molar-refractivity contribution in [1.82, 2.24) is 20.0 Å². The lowest BCUT2D eigenvalue weighted by Gasteiger charge is -2.26. The second-order valence-corrected chi connectivity index (χ2v) is 6.04. The Morgan fingerprint density at radius 2 is 2.17 bits per heavy atom. The summed E-state index contributed by atoms with van der Waals surface area (Å²) >= 11 is 6.12. The number of aromatic nitrogens is 2. The van der Waals surface area contributed by atoms with Crippen LogP contribution in [0, 0.1) is 0 Å². The van der Waals surface area contributed by atoms with Crippen LogP contribution in [0.4, 0.5) is 0 Å². The first-order valence-electron chi connectivity index (χ1n) is 7.91. The molecule has 2 heterocycles. The number of amides is 1. The molecule has 1 saturated heterocycles. The van der Waals surface area contributed by atoms with Gasteiger partial charge in [0.05, 0.1) is 29.9 Å². The molecule has 0 aliphatic carbocycles. The molecule has 1 aliphatic heterocycles. The molecule has 0 radical (unpaired) electrons. The molecule has 2 aromatic rings. The Morgan fingerprint density at radius 1 is 1.35 bits per heavy atom. The second kappa shape index (κ2) is 7.77. The van der Waals surface area contributed by atoms with Crippen LogP contribution in [0.15, 0.2) is 24.4 Å². The van der Waals surface area contributed by atoms with Crippen molar-refractivity contribution in [2.75, 3.05) is 39.4 Å². The Bertz CT molecular complexity index is 667. The van der Waals surface area contributed by atoms with Gasteiger partial charge in [-0.2, -0.15) is 5.10 Å². The van der Waals surface area contributed by atoms with Gasteiger partial charge in [-0.25, -0.2) is 0 Å². The number of hydrogen-bond donors (Lipinski definition) is 1. The van der Waals surface area contributed by atoms with Crippen molar-refractivity contribution >= 4 is 28.4 Å². The fourth-order valence-corrected chi connectivity index (χ4v) is 2.96. The minimum atomic E-state index is -0.0306. The topological polar surface area (TPSA) is 59.4 Å². The number of hydrogen-bond acceptors (Lipinski definition) is 4. The van der Waals surface area contributed by atoms with Crippen LogP contribution in [0.2, 0.25) is 5.02 Å². The van der Waals surface area contributed by atoms with Crippen LogP contribution in [0.3, 0.4) is 0 Å². The maximum Gasteiger partial charge on any atom is 0.241 e. The summed E-state index contributed by atoms with van der Waals surface area (Å²) in [5.74, 6) is -0.0306. The van der Waals surface area contributed by atoms with Gasteiger partial charge in [0.2, 0.25) is 5.91 Å². The van der Waals surface area contributed by atoms with E-state index >= 15 is 0 Å². The molecule has 0 bridgehead atoms. The largest absolute Gasteiger partial charge is 0.379 e. The summed E-state index contributed by atoms with van der Waals surface area (Å²) in [5, 5.41) is 8.72. The molecule has 1 aliphatic rings. The number of rotatable bonds is 6. The molecule has 1 amide bonds. The number of nitrogens with zero attached hydrogens (tertiary/aromatic N) is 3. The fraction of sp³-hybridized carbons (Fsp3) is 0.500. The van der Waals surface area contributed by atoms with E-state index in [0.29, 0.717) is 11.6 Å². The van der Waals surface area contributed by atoms with E-state index in [-0.39, 0.29) is 12.5 Å². The first-order chi connectivity index (χ1) is 11.2. The minimum absolute atomic E-state index is 0.0306. The smallest absolute Gasteiger partial charge is 0.241 e. The normalized spacial score (nSPS) is 15.9. The summed E-state index contributed by atoms with van der Waals surface area (Å²) in [5.41, 5.74) is 0.876. The molecule has 1 aromatic heterocycles. The predicted molar refractivity (Wildman–Crippen MR) is 89.6 cm³/mol. The molecule has 6 nitrogen and oxygen atoms in total. The predicted octanol–water partition coefficient (Wildman–Crippen LogP) is 1.53. The Balaban J connectivity index is 1.44. The average Bonchev–Trinajstić information content (AvgIpc) is 2.97. The van der Waals surface area contributed by atoms with E-state index in [1.807, 2.05) is 18.2 Å². The molecule has 23 heavy (non-hydrogen) atoms. The molecule has 124 valence electrons. The van der Waals surface area contributed by atoms with E-state index in [1.54, 1.807) is 10.9 Å². The monoisotopic (exact) mass is 336 g/mol. The maximum atomic E-state index is 12.1. The van der Waals surface area contributed by atoms with Crippen molar-refractivity contribution in [3.8, 4) is 0 Å². The zero-order chi connectivity index (χ0) is 16.1. The van der Waals surface area contributed by atoms with Crippen molar-refractivity contribution in [2.45, 2.75) is 13.0 Å². The fourth-order valence-electron chi connectivity index (χ4n) is 2.74. The summed E-state index contributed by atoms with van der Waals surface area (Å²) in [6.07, 6.45) is 2.64. The Kier molecular flexibility index (Phi) is 5.48. The van der Waals surface area contributed by atoms with Gasteiger partial charge < -0.3 is 10.1 Å². The van der Waals surface area contributed by atoms with Crippen LogP contribution in [-0.2, 0) is 16.1 Å². The summed E-state index contributed by atoms with van der Waals surface area (Å²) in [4.78, 5) is 14.4. The summed E-state index contributed by atoms with van der Waals surface area (Å²) < 4.78 is 7.00. The van der Waals surface area contributed by atoms with Crippen LogP contribution in [0.1, 0.15) is 6.42 Å². The van der Waals surface area contributed by atoms with E-state index in [0.717, 1.165) is 50.2 Å². The van der Waals surface area contributed by atoms with Crippen molar-refractivity contribution in [3.05, 3.63) is 29.4 Å². The average molecular weight is 337 g/mol. The number of nitrogens with one attached hydrogen (secondary N) is 1. The summed E-state index contributed by atoms with van der Waals surface area (Å²) in [6.45, 7) is 5.45. The first kappa shape index (κ1) is 16.2. The van der Waals surface area contributed by atoms with Crippen LogP contribution >= 0.6 is 11.6 Å². The van der Waals surface area contributed by atoms with Crippen LogP contribution in [-0.4, -0.2) is 60.0 Å². The van der Waals surface area contributed by atoms with Crippen molar-refractivity contribution in [3.63, 3.8) is 0 Å². The molecular weight excluding hydrogens is 316 g/mol. The molecule has 0 spiro atoms. The van der Waals surface area contributed by atoms with E-state index < -0.39 is 0 Å². The third kappa shape index (κ3) is 4.22. The third-order valence-corrected chi connectivity index (χ3v) is 4.33. The Morgan fingerprint density at radius 3 is 3.00 bits per heavy atom. The first-order valence-corrected chi connectivity index (χ1v) is 8.28. The highest BCUT2D eigenvalue weighted by atomic mass is 35.5. The van der Waals surface area contributed by atoms with Gasteiger partial charge in [-0.05, 0) is 25.1 Å². The number of carbonyl (C=O) groups is 1. The van der Waals surface area contributed by atoms with E-state index in [2.05, 4.69) is 15.3 Å². The molecule has 7 heteroatoms. The molecule has 0 saturated carbocycles. The number of morpholine rings is 1. The van der Waals surface area contributed by atoms with E-state index in [9.17, 15) is 4.79 Å². The Labute approximate surface area is 140 Å². The van der Waals surface area contributed by atoms with Gasteiger partial charge in [0, 0.05) is 25.0 Å². The minimum Gasteiger partial charge on any atom is -0.379 e. The van der Waals surface area contributed by atoms with Crippen LogP contribution in [0.25, 0.3) is 10.9 Å². The second-order valence-electron chi connectivity index (χ2n) is 5.63. The number of fused-ring (bicyclic) bond motifs is 1. The quantitative estimate of drug-likeness (QED) is 0.813. The van der Waals surface area contributed by atoms with Gasteiger partial charge in [-0.15, -0.1) is 0 Å². The van der Waals surface area contributed by atoms with Crippen LogP contribution < -0.4 is 5.32 Å². The van der Waals surface area contributed by atoms with Crippen molar-refractivity contribution in [1.29, 1.82) is 0 Å². The number of carbonyl (C=O) groups excluding carboxylic acids is 1. The Hall–Kier alpha value is -1.63. The standard InChI is InChI=1S/C16H21ClN4O2/c17-14-3-1-4-15-13(14)11-19-21(15)12-16(22)18-5-2-6-20-7-9-23-10-8-20/h1,3-4,11H,2,5-10,12H2,(H,18,22). The molecule has 0 unspecified atom stereocenters. The zero-order valence-electron chi connectivity index (χ0n) is 13.0. The van der Waals surface area contributed by atoms with E-state index in [4.69, 9.17) is 16.3 Å².